The topological polar surface area (TPSA) is 103 Å². The van der Waals surface area contributed by atoms with Crippen LogP contribution in [-0.2, 0) is 0 Å². The van der Waals surface area contributed by atoms with E-state index in [9.17, 15) is 0 Å². The Labute approximate surface area is 88.1 Å². The van der Waals surface area contributed by atoms with E-state index in [0.717, 1.165) is 5.69 Å². The Kier molecular flexibility index (Phi) is 4.65. The lowest BCUT2D eigenvalue weighted by Gasteiger charge is -2.12. The van der Waals surface area contributed by atoms with Crippen LogP contribution in [0.2, 0.25) is 0 Å². The quantitative estimate of drug-likeness (QED) is 0.434. The molecule has 0 radical (unpaired) electrons. The summed E-state index contributed by atoms with van der Waals surface area (Å²) in [6, 6.07) is 1.72. The van der Waals surface area contributed by atoms with Crippen molar-refractivity contribution in [3.05, 3.63) is 12.3 Å². The van der Waals surface area contributed by atoms with E-state index in [0.29, 0.717) is 24.6 Å². The number of aromatic nitrogens is 1. The fourth-order valence-corrected chi connectivity index (χ4v) is 1.12. The number of hydrogen-bond acceptors (Lipinski definition) is 6. The molecular weight excluding hydrogens is 196 g/mol. The molecule has 0 aromatic carbocycles. The van der Waals surface area contributed by atoms with Gasteiger partial charge in [-0.25, -0.2) is 4.98 Å². The van der Waals surface area contributed by atoms with Gasteiger partial charge in [0.2, 0.25) is 0 Å². The van der Waals surface area contributed by atoms with Crippen molar-refractivity contribution in [3.63, 3.8) is 0 Å². The van der Waals surface area contributed by atoms with E-state index >= 15 is 0 Å². The second-order valence-electron chi connectivity index (χ2n) is 2.97. The minimum atomic E-state index is 0.0332. The number of pyridine rings is 1. The van der Waals surface area contributed by atoms with Crippen molar-refractivity contribution in [1.82, 2.24) is 4.98 Å². The van der Waals surface area contributed by atoms with E-state index in [1.807, 2.05) is 0 Å². The van der Waals surface area contributed by atoms with Crippen molar-refractivity contribution in [2.75, 3.05) is 42.7 Å². The number of hydrogen-bond donors (Lipinski definition) is 5. The second-order valence-corrected chi connectivity index (χ2v) is 2.97. The van der Waals surface area contributed by atoms with E-state index in [4.69, 9.17) is 15.9 Å². The zero-order valence-electron chi connectivity index (χ0n) is 8.40. The maximum absolute atomic E-state index is 8.69. The molecule has 0 amide bonds. The fourth-order valence-electron chi connectivity index (χ4n) is 1.12. The van der Waals surface area contributed by atoms with Crippen LogP contribution in [0.15, 0.2) is 12.3 Å². The average Bonchev–Trinajstić information content (AvgIpc) is 2.25. The molecule has 0 bridgehead atoms. The van der Waals surface area contributed by atoms with Crippen LogP contribution < -0.4 is 16.4 Å². The van der Waals surface area contributed by atoms with Gasteiger partial charge in [-0.05, 0) is 6.07 Å². The van der Waals surface area contributed by atoms with Gasteiger partial charge in [0.05, 0.1) is 30.8 Å². The number of anilines is 3. The zero-order valence-corrected chi connectivity index (χ0v) is 8.40. The molecule has 15 heavy (non-hydrogen) atoms. The molecule has 6 N–H and O–H groups in total. The third kappa shape index (κ3) is 3.61. The van der Waals surface area contributed by atoms with Crippen LogP contribution in [0, 0.1) is 0 Å². The molecule has 0 fully saturated rings. The molecule has 6 nitrogen and oxygen atoms in total. The van der Waals surface area contributed by atoms with Crippen molar-refractivity contribution in [3.8, 4) is 0 Å². The predicted molar refractivity (Wildman–Crippen MR) is 59.8 cm³/mol. The van der Waals surface area contributed by atoms with Crippen molar-refractivity contribution in [2.45, 2.75) is 0 Å². The lowest BCUT2D eigenvalue weighted by atomic mass is 10.3. The van der Waals surface area contributed by atoms with Crippen LogP contribution in [0.25, 0.3) is 0 Å². The molecule has 1 rings (SSSR count). The fraction of sp³-hybridized carbons (Fsp3) is 0.444. The van der Waals surface area contributed by atoms with E-state index in [1.165, 1.54) is 6.20 Å². The third-order valence-electron chi connectivity index (χ3n) is 1.74. The molecular formula is C9H16N4O2. The van der Waals surface area contributed by atoms with Crippen LogP contribution in [0.4, 0.5) is 17.2 Å². The zero-order chi connectivity index (χ0) is 11.1. The lowest BCUT2D eigenvalue weighted by Crippen LogP contribution is -2.12. The van der Waals surface area contributed by atoms with Gasteiger partial charge in [0.15, 0.2) is 0 Å². The van der Waals surface area contributed by atoms with Crippen molar-refractivity contribution < 1.29 is 10.2 Å². The van der Waals surface area contributed by atoms with Gasteiger partial charge in [-0.3, -0.25) is 0 Å². The Morgan fingerprint density at radius 2 is 1.87 bits per heavy atom. The largest absolute Gasteiger partial charge is 0.397 e. The summed E-state index contributed by atoms with van der Waals surface area (Å²) in [5.74, 6) is 0.617. The lowest BCUT2D eigenvalue weighted by molar-refractivity contribution is 0.310. The van der Waals surface area contributed by atoms with Crippen molar-refractivity contribution in [2.24, 2.45) is 0 Å². The number of nitrogen functional groups attached to an aromatic ring is 1. The van der Waals surface area contributed by atoms with Gasteiger partial charge in [-0.1, -0.05) is 0 Å². The number of aliphatic hydroxyl groups excluding tert-OH is 2. The summed E-state index contributed by atoms with van der Waals surface area (Å²) in [5, 5.41) is 23.3. The minimum absolute atomic E-state index is 0.0332. The number of nitrogens with one attached hydrogen (secondary N) is 2. The summed E-state index contributed by atoms with van der Waals surface area (Å²) in [6.45, 7) is 0.920. The Balaban J connectivity index is 2.73. The van der Waals surface area contributed by atoms with Gasteiger partial charge in [0.25, 0.3) is 0 Å². The Hall–Kier alpha value is -1.53. The van der Waals surface area contributed by atoms with Gasteiger partial charge in [-0.15, -0.1) is 0 Å². The summed E-state index contributed by atoms with van der Waals surface area (Å²) in [7, 11) is 0. The first-order valence-corrected chi connectivity index (χ1v) is 4.73. The second kappa shape index (κ2) is 6.05. The predicted octanol–water partition coefficient (Wildman–Crippen LogP) is -0.528. The summed E-state index contributed by atoms with van der Waals surface area (Å²) >= 11 is 0. The first-order valence-electron chi connectivity index (χ1n) is 4.73. The normalized spacial score (nSPS) is 10.0. The molecule has 1 aromatic rings. The van der Waals surface area contributed by atoms with Crippen LogP contribution in [0.1, 0.15) is 0 Å². The SMILES string of the molecule is Nc1cnc(NCCO)c(NCCO)c1. The molecule has 1 aromatic heterocycles. The summed E-state index contributed by atoms with van der Waals surface area (Å²) < 4.78 is 0. The molecule has 0 aliphatic heterocycles. The highest BCUT2D eigenvalue weighted by Crippen LogP contribution is 2.20. The van der Waals surface area contributed by atoms with Gasteiger partial charge in [0, 0.05) is 13.1 Å². The molecule has 0 saturated carbocycles. The number of nitrogens with two attached hydrogens (primary N) is 1. The van der Waals surface area contributed by atoms with Crippen LogP contribution in [0.3, 0.4) is 0 Å². The molecule has 6 heteroatoms. The van der Waals surface area contributed by atoms with Crippen molar-refractivity contribution in [1.29, 1.82) is 0 Å². The summed E-state index contributed by atoms with van der Waals surface area (Å²) in [4.78, 5) is 4.08. The maximum atomic E-state index is 8.69. The van der Waals surface area contributed by atoms with Gasteiger partial charge < -0.3 is 26.6 Å². The minimum Gasteiger partial charge on any atom is -0.397 e. The standard InChI is InChI=1S/C9H16N4O2/c10-7-5-8(11-1-3-14)9(13-6-7)12-2-4-15/h5-6,11,14-15H,1-4,10H2,(H,12,13). The van der Waals surface area contributed by atoms with E-state index in [-0.39, 0.29) is 13.2 Å². The highest BCUT2D eigenvalue weighted by Gasteiger charge is 2.03. The Morgan fingerprint density at radius 1 is 1.20 bits per heavy atom. The van der Waals surface area contributed by atoms with Crippen LogP contribution >= 0.6 is 0 Å². The highest BCUT2D eigenvalue weighted by atomic mass is 16.3. The van der Waals surface area contributed by atoms with E-state index < -0.39 is 0 Å². The van der Waals surface area contributed by atoms with E-state index in [1.54, 1.807) is 6.07 Å². The van der Waals surface area contributed by atoms with Gasteiger partial charge in [0.1, 0.15) is 5.82 Å². The molecule has 1 heterocycles. The number of nitrogens with zero attached hydrogens (tertiary/aromatic N) is 1. The van der Waals surface area contributed by atoms with Crippen molar-refractivity contribution >= 4 is 17.2 Å². The van der Waals surface area contributed by atoms with Crippen LogP contribution in [0.5, 0.6) is 0 Å². The molecule has 0 saturated heterocycles. The first kappa shape index (κ1) is 11.5. The highest BCUT2D eigenvalue weighted by molar-refractivity contribution is 5.68. The molecule has 0 aliphatic rings. The molecule has 84 valence electrons. The third-order valence-corrected chi connectivity index (χ3v) is 1.74. The molecule has 0 atom stereocenters. The first-order chi connectivity index (χ1) is 7.27. The average molecular weight is 212 g/mol. The molecule has 0 aliphatic carbocycles. The maximum Gasteiger partial charge on any atom is 0.149 e. The summed E-state index contributed by atoms with van der Waals surface area (Å²) in [6.07, 6.45) is 1.53. The smallest absolute Gasteiger partial charge is 0.149 e. The number of rotatable bonds is 6. The number of aliphatic hydroxyl groups is 2. The van der Waals surface area contributed by atoms with Gasteiger partial charge in [-0.2, -0.15) is 0 Å². The molecule has 0 spiro atoms. The monoisotopic (exact) mass is 212 g/mol. The van der Waals surface area contributed by atoms with Crippen LogP contribution in [-0.4, -0.2) is 41.5 Å². The molecule has 0 unspecified atom stereocenters. The Bertz CT molecular complexity index is 306. The van der Waals surface area contributed by atoms with Gasteiger partial charge >= 0.3 is 0 Å². The summed E-state index contributed by atoms with van der Waals surface area (Å²) in [5.41, 5.74) is 6.85. The Morgan fingerprint density at radius 3 is 2.53 bits per heavy atom. The van der Waals surface area contributed by atoms with E-state index in [2.05, 4.69) is 15.6 Å².